The number of hydrogen-bond donors (Lipinski definition) is 1. The van der Waals surface area contributed by atoms with Gasteiger partial charge in [0.25, 0.3) is 5.91 Å². The second-order valence-corrected chi connectivity index (χ2v) is 5.48. The minimum absolute atomic E-state index is 0.319. The Morgan fingerprint density at radius 3 is 2.71 bits per heavy atom. The van der Waals surface area contributed by atoms with Crippen LogP contribution in [-0.2, 0) is 6.54 Å². The van der Waals surface area contributed by atoms with Crippen LogP contribution < -0.4 is 5.32 Å². The van der Waals surface area contributed by atoms with Crippen LogP contribution in [0.2, 0.25) is 0 Å². The zero-order valence-corrected chi connectivity index (χ0v) is 13.3. The Morgan fingerprint density at radius 2 is 2.00 bits per heavy atom. The Balaban J connectivity index is 1.79. The largest absolute Gasteiger partial charge is 0.346 e. The molecule has 1 unspecified atom stereocenters. The van der Waals surface area contributed by atoms with E-state index in [2.05, 4.69) is 15.6 Å². The van der Waals surface area contributed by atoms with E-state index in [1.807, 2.05) is 6.92 Å². The normalized spacial score (nSPS) is 12.3. The van der Waals surface area contributed by atoms with Crippen molar-refractivity contribution >= 4 is 16.9 Å². The summed E-state index contributed by atoms with van der Waals surface area (Å²) in [4.78, 5) is 12.4. The second kappa shape index (κ2) is 6.35. The lowest BCUT2D eigenvalue weighted by molar-refractivity contribution is 0.0940. The lowest BCUT2D eigenvalue weighted by Gasteiger charge is -2.14. The third kappa shape index (κ3) is 2.97. The van der Waals surface area contributed by atoms with Crippen molar-refractivity contribution in [3.63, 3.8) is 0 Å². The predicted molar refractivity (Wildman–Crippen MR) is 85.4 cm³/mol. The molecule has 1 N–H and O–H groups in total. The maximum atomic E-state index is 13.3. The summed E-state index contributed by atoms with van der Waals surface area (Å²) in [5.41, 5.74) is 2.40. The average molecular weight is 330 g/mol. The first-order chi connectivity index (χ1) is 11.5. The molecule has 3 aromatic rings. The number of benzene rings is 2. The van der Waals surface area contributed by atoms with Crippen molar-refractivity contribution in [2.45, 2.75) is 26.4 Å². The lowest BCUT2D eigenvalue weighted by atomic mass is 10.1. The molecule has 0 fully saturated rings. The molecule has 3 rings (SSSR count). The van der Waals surface area contributed by atoms with Crippen molar-refractivity contribution in [3.8, 4) is 0 Å². The number of carbonyl (C=O) groups is 1. The van der Waals surface area contributed by atoms with E-state index in [1.54, 1.807) is 29.8 Å². The van der Waals surface area contributed by atoms with Crippen LogP contribution in [0, 0.1) is 11.6 Å². The van der Waals surface area contributed by atoms with Crippen molar-refractivity contribution in [1.29, 1.82) is 0 Å². The molecule has 2 aromatic carbocycles. The van der Waals surface area contributed by atoms with Crippen molar-refractivity contribution in [1.82, 2.24) is 20.3 Å². The molecule has 5 nitrogen and oxygen atoms in total. The summed E-state index contributed by atoms with van der Waals surface area (Å²) in [6.45, 7) is 4.35. The number of fused-ring (bicyclic) bond motifs is 1. The summed E-state index contributed by atoms with van der Waals surface area (Å²) in [7, 11) is 0. The number of carbonyl (C=O) groups excluding carboxylic acids is 1. The Bertz CT molecular complexity index is 907. The van der Waals surface area contributed by atoms with Crippen LogP contribution in [0.1, 0.15) is 35.8 Å². The quantitative estimate of drug-likeness (QED) is 0.799. The molecule has 1 aromatic heterocycles. The molecule has 124 valence electrons. The van der Waals surface area contributed by atoms with E-state index in [0.717, 1.165) is 17.6 Å². The van der Waals surface area contributed by atoms with Gasteiger partial charge in [-0.2, -0.15) is 0 Å². The van der Waals surface area contributed by atoms with Gasteiger partial charge >= 0.3 is 0 Å². The molecule has 0 aliphatic heterocycles. The third-order valence-corrected chi connectivity index (χ3v) is 3.87. The summed E-state index contributed by atoms with van der Waals surface area (Å²) >= 11 is 0. The molecule has 0 saturated carbocycles. The van der Waals surface area contributed by atoms with Gasteiger partial charge < -0.3 is 5.32 Å². The van der Waals surface area contributed by atoms with E-state index in [-0.39, 0.29) is 5.91 Å². The SMILES string of the molecule is CCn1nnc2cc(C(=O)NC(C)c3ccc(F)c(F)c3)ccc21. The van der Waals surface area contributed by atoms with Gasteiger partial charge in [0.2, 0.25) is 0 Å². The van der Waals surface area contributed by atoms with Crippen LogP contribution in [0.3, 0.4) is 0 Å². The van der Waals surface area contributed by atoms with Gasteiger partial charge in [-0.15, -0.1) is 5.10 Å². The fourth-order valence-corrected chi connectivity index (χ4v) is 2.49. The maximum Gasteiger partial charge on any atom is 0.251 e. The number of nitrogens with zero attached hydrogens (tertiary/aromatic N) is 3. The van der Waals surface area contributed by atoms with E-state index < -0.39 is 17.7 Å². The molecule has 0 aliphatic rings. The molecule has 7 heteroatoms. The van der Waals surface area contributed by atoms with Crippen LogP contribution in [0.5, 0.6) is 0 Å². The summed E-state index contributed by atoms with van der Waals surface area (Å²) in [6.07, 6.45) is 0. The Morgan fingerprint density at radius 1 is 1.21 bits per heavy atom. The van der Waals surface area contributed by atoms with Crippen LogP contribution in [0.4, 0.5) is 8.78 Å². The van der Waals surface area contributed by atoms with Gasteiger partial charge in [-0.05, 0) is 49.7 Å². The molecule has 0 saturated heterocycles. The highest BCUT2D eigenvalue weighted by molar-refractivity contribution is 5.97. The monoisotopic (exact) mass is 330 g/mol. The van der Waals surface area contributed by atoms with E-state index >= 15 is 0 Å². The molecule has 1 atom stereocenters. The number of rotatable bonds is 4. The number of hydrogen-bond acceptors (Lipinski definition) is 3. The first kappa shape index (κ1) is 16.0. The molecule has 0 radical (unpaired) electrons. The zero-order chi connectivity index (χ0) is 17.3. The van der Waals surface area contributed by atoms with Crippen LogP contribution >= 0.6 is 0 Å². The summed E-state index contributed by atoms with van der Waals surface area (Å²) < 4.78 is 28.0. The van der Waals surface area contributed by atoms with E-state index in [1.165, 1.54) is 6.07 Å². The van der Waals surface area contributed by atoms with Gasteiger partial charge in [0.1, 0.15) is 5.52 Å². The number of aryl methyl sites for hydroxylation is 1. The van der Waals surface area contributed by atoms with Gasteiger partial charge in [-0.3, -0.25) is 4.79 Å². The molecule has 1 amide bonds. The summed E-state index contributed by atoms with van der Waals surface area (Å²) in [5.74, 6) is -2.17. The smallest absolute Gasteiger partial charge is 0.251 e. The topological polar surface area (TPSA) is 59.8 Å². The predicted octanol–water partition coefficient (Wildman–Crippen LogP) is 3.22. The van der Waals surface area contributed by atoms with Crippen molar-refractivity contribution < 1.29 is 13.6 Å². The highest BCUT2D eigenvalue weighted by Crippen LogP contribution is 2.18. The number of nitrogens with one attached hydrogen (secondary N) is 1. The molecule has 0 aliphatic carbocycles. The Hall–Kier alpha value is -2.83. The highest BCUT2D eigenvalue weighted by atomic mass is 19.2. The van der Waals surface area contributed by atoms with E-state index in [9.17, 15) is 13.6 Å². The summed E-state index contributed by atoms with van der Waals surface area (Å²) in [6, 6.07) is 8.23. The second-order valence-electron chi connectivity index (χ2n) is 5.48. The molecule has 24 heavy (non-hydrogen) atoms. The zero-order valence-electron chi connectivity index (χ0n) is 13.3. The molecule has 1 heterocycles. The molecular weight excluding hydrogens is 314 g/mol. The van der Waals surface area contributed by atoms with Gasteiger partial charge in [0.05, 0.1) is 11.6 Å². The van der Waals surface area contributed by atoms with Crippen LogP contribution in [0.15, 0.2) is 36.4 Å². The van der Waals surface area contributed by atoms with Crippen LogP contribution in [0.25, 0.3) is 11.0 Å². The fourth-order valence-electron chi connectivity index (χ4n) is 2.49. The van der Waals surface area contributed by atoms with Crippen molar-refractivity contribution in [3.05, 3.63) is 59.2 Å². The van der Waals surface area contributed by atoms with Gasteiger partial charge in [-0.1, -0.05) is 11.3 Å². The highest BCUT2D eigenvalue weighted by Gasteiger charge is 2.15. The standard InChI is InChI=1S/C17H16F2N4O/c1-3-23-16-7-5-12(9-15(16)21-22-23)17(24)20-10(2)11-4-6-13(18)14(19)8-11/h4-10H,3H2,1-2H3,(H,20,24). The fraction of sp³-hybridized carbons (Fsp3) is 0.235. The Labute approximate surface area is 137 Å². The van der Waals surface area contributed by atoms with Gasteiger partial charge in [0, 0.05) is 12.1 Å². The number of aromatic nitrogens is 3. The number of amides is 1. The Kier molecular flexibility index (Phi) is 4.24. The van der Waals surface area contributed by atoms with E-state index in [4.69, 9.17) is 0 Å². The van der Waals surface area contributed by atoms with Crippen LogP contribution in [-0.4, -0.2) is 20.9 Å². The van der Waals surface area contributed by atoms with E-state index in [0.29, 0.717) is 23.2 Å². The molecule has 0 bridgehead atoms. The number of halogens is 2. The van der Waals surface area contributed by atoms with Gasteiger partial charge in [0.15, 0.2) is 11.6 Å². The first-order valence-corrected chi connectivity index (χ1v) is 7.58. The minimum Gasteiger partial charge on any atom is -0.346 e. The lowest BCUT2D eigenvalue weighted by Crippen LogP contribution is -2.26. The molecule has 0 spiro atoms. The first-order valence-electron chi connectivity index (χ1n) is 7.58. The summed E-state index contributed by atoms with van der Waals surface area (Å²) in [5, 5.41) is 10.8. The van der Waals surface area contributed by atoms with Gasteiger partial charge in [-0.25, -0.2) is 13.5 Å². The van der Waals surface area contributed by atoms with Crippen molar-refractivity contribution in [2.75, 3.05) is 0 Å². The average Bonchev–Trinajstić information content (AvgIpc) is 2.99. The molecular formula is C17H16F2N4O. The minimum atomic E-state index is -0.939. The maximum absolute atomic E-state index is 13.3. The third-order valence-electron chi connectivity index (χ3n) is 3.87. The van der Waals surface area contributed by atoms with Crippen molar-refractivity contribution in [2.24, 2.45) is 0 Å².